The highest BCUT2D eigenvalue weighted by molar-refractivity contribution is 4.89. The quantitative estimate of drug-likeness (QED) is 0.776. The molecule has 0 amide bonds. The van der Waals surface area contributed by atoms with Crippen LogP contribution >= 0.6 is 0 Å². The second-order valence-electron chi connectivity index (χ2n) is 5.89. The van der Waals surface area contributed by atoms with Crippen molar-refractivity contribution in [3.63, 3.8) is 0 Å². The van der Waals surface area contributed by atoms with Crippen LogP contribution in [0.2, 0.25) is 0 Å². The summed E-state index contributed by atoms with van der Waals surface area (Å²) in [5, 5.41) is 3.53. The summed E-state index contributed by atoms with van der Waals surface area (Å²) in [7, 11) is 0. The number of nitrogens with one attached hydrogen (secondary N) is 1. The molecule has 2 fully saturated rings. The van der Waals surface area contributed by atoms with Gasteiger partial charge >= 0.3 is 0 Å². The third kappa shape index (κ3) is 2.60. The van der Waals surface area contributed by atoms with Crippen molar-refractivity contribution in [1.82, 2.24) is 10.2 Å². The van der Waals surface area contributed by atoms with Crippen LogP contribution in [0.3, 0.4) is 0 Å². The molecule has 16 heavy (non-hydrogen) atoms. The molecule has 0 spiro atoms. The SMILES string of the molecule is CCC1CCC(N2C(C)CNCC2C)CC1. The molecule has 0 radical (unpaired) electrons. The predicted molar refractivity (Wildman–Crippen MR) is 69.7 cm³/mol. The molecule has 2 heteroatoms. The van der Waals surface area contributed by atoms with Gasteiger partial charge < -0.3 is 5.32 Å². The number of rotatable bonds is 2. The van der Waals surface area contributed by atoms with Crippen molar-refractivity contribution in [3.05, 3.63) is 0 Å². The van der Waals surface area contributed by atoms with Crippen LogP contribution in [0.25, 0.3) is 0 Å². The summed E-state index contributed by atoms with van der Waals surface area (Å²) in [5.74, 6) is 1.02. The summed E-state index contributed by atoms with van der Waals surface area (Å²) in [6.45, 7) is 9.47. The summed E-state index contributed by atoms with van der Waals surface area (Å²) < 4.78 is 0. The van der Waals surface area contributed by atoms with Crippen LogP contribution in [-0.4, -0.2) is 36.1 Å². The first-order chi connectivity index (χ1) is 7.72. The number of hydrogen-bond acceptors (Lipinski definition) is 2. The Balaban J connectivity index is 1.91. The van der Waals surface area contributed by atoms with Crippen LogP contribution in [0.15, 0.2) is 0 Å². The normalized spacial score (nSPS) is 42.2. The highest BCUT2D eigenvalue weighted by Crippen LogP contribution is 2.31. The Labute approximate surface area is 101 Å². The highest BCUT2D eigenvalue weighted by Gasteiger charge is 2.32. The number of piperazine rings is 1. The van der Waals surface area contributed by atoms with Crippen LogP contribution in [0.5, 0.6) is 0 Å². The molecule has 0 aromatic carbocycles. The molecule has 94 valence electrons. The maximum Gasteiger partial charge on any atom is 0.0198 e. The monoisotopic (exact) mass is 224 g/mol. The summed E-state index contributed by atoms with van der Waals surface area (Å²) in [6, 6.07) is 2.33. The van der Waals surface area contributed by atoms with Gasteiger partial charge in [0, 0.05) is 31.2 Å². The van der Waals surface area contributed by atoms with Crippen molar-refractivity contribution in [2.24, 2.45) is 5.92 Å². The number of nitrogens with zero attached hydrogens (tertiary/aromatic N) is 1. The van der Waals surface area contributed by atoms with E-state index in [0.29, 0.717) is 0 Å². The lowest BCUT2D eigenvalue weighted by Gasteiger charge is -2.46. The molecule has 1 saturated carbocycles. The lowest BCUT2D eigenvalue weighted by Crippen LogP contribution is -2.59. The van der Waals surface area contributed by atoms with E-state index in [0.717, 1.165) is 24.0 Å². The van der Waals surface area contributed by atoms with Gasteiger partial charge in [0.25, 0.3) is 0 Å². The summed E-state index contributed by atoms with van der Waals surface area (Å²) in [4.78, 5) is 2.79. The molecule has 1 N–H and O–H groups in total. The fourth-order valence-electron chi connectivity index (χ4n) is 3.72. The Morgan fingerprint density at radius 1 is 1.00 bits per heavy atom. The second kappa shape index (κ2) is 5.50. The van der Waals surface area contributed by atoms with Crippen molar-refractivity contribution in [2.45, 2.75) is 71.0 Å². The molecular formula is C14H28N2. The van der Waals surface area contributed by atoms with Gasteiger partial charge in [0.1, 0.15) is 0 Å². The molecule has 2 rings (SSSR count). The Morgan fingerprint density at radius 2 is 1.56 bits per heavy atom. The fourth-order valence-corrected chi connectivity index (χ4v) is 3.72. The van der Waals surface area contributed by atoms with Crippen LogP contribution in [-0.2, 0) is 0 Å². The highest BCUT2D eigenvalue weighted by atomic mass is 15.3. The summed E-state index contributed by atoms with van der Waals surface area (Å²) in [6.07, 6.45) is 7.19. The fraction of sp³-hybridized carbons (Fsp3) is 1.00. The molecule has 2 nitrogen and oxygen atoms in total. The maximum atomic E-state index is 3.53. The molecule has 0 aromatic heterocycles. The van der Waals surface area contributed by atoms with Crippen molar-refractivity contribution in [1.29, 1.82) is 0 Å². The molecule has 2 atom stereocenters. The Morgan fingerprint density at radius 3 is 2.06 bits per heavy atom. The molecule has 0 bridgehead atoms. The average Bonchev–Trinajstić information content (AvgIpc) is 2.30. The van der Waals surface area contributed by atoms with Crippen LogP contribution in [0.1, 0.15) is 52.9 Å². The van der Waals surface area contributed by atoms with E-state index in [4.69, 9.17) is 0 Å². The Bertz CT molecular complexity index is 199. The average molecular weight is 224 g/mol. The van der Waals surface area contributed by atoms with Crippen molar-refractivity contribution >= 4 is 0 Å². The van der Waals surface area contributed by atoms with Gasteiger partial charge in [-0.1, -0.05) is 13.3 Å². The van der Waals surface area contributed by atoms with Gasteiger partial charge in [-0.05, 0) is 45.4 Å². The van der Waals surface area contributed by atoms with Gasteiger partial charge in [-0.2, -0.15) is 0 Å². The third-order valence-corrected chi connectivity index (χ3v) is 4.71. The van der Waals surface area contributed by atoms with Crippen LogP contribution in [0.4, 0.5) is 0 Å². The predicted octanol–water partition coefficient (Wildman–Crippen LogP) is 2.64. The standard InChI is InChI=1S/C14H28N2/c1-4-13-5-7-14(8-6-13)16-11(2)9-15-10-12(16)3/h11-15H,4-10H2,1-3H3. The van der Waals surface area contributed by atoms with E-state index >= 15 is 0 Å². The van der Waals surface area contributed by atoms with E-state index in [1.165, 1.54) is 45.2 Å². The topological polar surface area (TPSA) is 15.3 Å². The van der Waals surface area contributed by atoms with Gasteiger partial charge in [-0.3, -0.25) is 4.90 Å². The second-order valence-corrected chi connectivity index (χ2v) is 5.89. The lowest BCUT2D eigenvalue weighted by molar-refractivity contribution is 0.0391. The van der Waals surface area contributed by atoms with Crippen LogP contribution < -0.4 is 5.32 Å². The Hall–Kier alpha value is -0.0800. The zero-order chi connectivity index (χ0) is 11.5. The zero-order valence-electron chi connectivity index (χ0n) is 11.2. The summed E-state index contributed by atoms with van der Waals surface area (Å²) >= 11 is 0. The van der Waals surface area contributed by atoms with E-state index in [-0.39, 0.29) is 0 Å². The van der Waals surface area contributed by atoms with E-state index in [1.807, 2.05) is 0 Å². The molecule has 2 aliphatic rings. The lowest BCUT2D eigenvalue weighted by atomic mass is 9.83. The molecule has 0 aromatic rings. The van der Waals surface area contributed by atoms with Crippen molar-refractivity contribution in [2.75, 3.05) is 13.1 Å². The summed E-state index contributed by atoms with van der Waals surface area (Å²) in [5.41, 5.74) is 0. The zero-order valence-corrected chi connectivity index (χ0v) is 11.2. The first kappa shape index (κ1) is 12.4. The minimum atomic E-state index is 0.729. The van der Waals surface area contributed by atoms with E-state index in [9.17, 15) is 0 Å². The van der Waals surface area contributed by atoms with Gasteiger partial charge in [-0.15, -0.1) is 0 Å². The first-order valence-corrected chi connectivity index (χ1v) is 7.20. The maximum absolute atomic E-state index is 3.53. The van der Waals surface area contributed by atoms with Gasteiger partial charge in [0.2, 0.25) is 0 Å². The van der Waals surface area contributed by atoms with Gasteiger partial charge in [0.15, 0.2) is 0 Å². The van der Waals surface area contributed by atoms with Crippen molar-refractivity contribution < 1.29 is 0 Å². The molecule has 2 unspecified atom stereocenters. The van der Waals surface area contributed by atoms with E-state index in [2.05, 4.69) is 31.0 Å². The van der Waals surface area contributed by atoms with E-state index in [1.54, 1.807) is 0 Å². The minimum absolute atomic E-state index is 0.729. The largest absolute Gasteiger partial charge is 0.314 e. The van der Waals surface area contributed by atoms with Crippen molar-refractivity contribution in [3.8, 4) is 0 Å². The molecule has 1 aliphatic heterocycles. The third-order valence-electron chi connectivity index (χ3n) is 4.71. The minimum Gasteiger partial charge on any atom is -0.314 e. The first-order valence-electron chi connectivity index (χ1n) is 7.20. The molecule has 1 heterocycles. The van der Waals surface area contributed by atoms with Gasteiger partial charge in [0.05, 0.1) is 0 Å². The smallest absolute Gasteiger partial charge is 0.0198 e. The molecular weight excluding hydrogens is 196 g/mol. The molecule has 1 saturated heterocycles. The Kier molecular flexibility index (Phi) is 4.26. The number of hydrogen-bond donors (Lipinski definition) is 1. The van der Waals surface area contributed by atoms with Gasteiger partial charge in [-0.25, -0.2) is 0 Å². The molecule has 1 aliphatic carbocycles. The van der Waals surface area contributed by atoms with E-state index < -0.39 is 0 Å². The van der Waals surface area contributed by atoms with Crippen LogP contribution in [0, 0.1) is 5.92 Å².